The van der Waals surface area contributed by atoms with Gasteiger partial charge in [-0.05, 0) is 36.2 Å². The lowest BCUT2D eigenvalue weighted by Gasteiger charge is -2.17. The molecule has 1 fully saturated rings. The number of carbonyl (C=O) groups is 2. The molecule has 7 nitrogen and oxygen atoms in total. The Bertz CT molecular complexity index is 934. The van der Waals surface area contributed by atoms with E-state index in [9.17, 15) is 9.59 Å². The number of ether oxygens (including phenoxy) is 3. The van der Waals surface area contributed by atoms with Crippen LogP contribution < -0.4 is 24.4 Å². The minimum atomic E-state index is -0.377. The average Bonchev–Trinajstić information content (AvgIpc) is 3.16. The number of halogens is 1. The van der Waals surface area contributed by atoms with E-state index in [2.05, 4.69) is 21.2 Å². The Balaban J connectivity index is 1.58. The third-order valence-corrected chi connectivity index (χ3v) is 5.85. The van der Waals surface area contributed by atoms with Gasteiger partial charge < -0.3 is 24.4 Å². The van der Waals surface area contributed by atoms with E-state index >= 15 is 0 Å². The van der Waals surface area contributed by atoms with Gasteiger partial charge in [-0.3, -0.25) is 9.59 Å². The van der Waals surface area contributed by atoms with Crippen molar-refractivity contribution in [2.75, 3.05) is 39.3 Å². The summed E-state index contributed by atoms with van der Waals surface area (Å²) in [5, 5.41) is 2.95. The van der Waals surface area contributed by atoms with Gasteiger partial charge in [0.15, 0.2) is 11.5 Å². The second-order valence-electron chi connectivity index (χ2n) is 6.95. The maximum atomic E-state index is 12.6. The summed E-state index contributed by atoms with van der Waals surface area (Å²) in [5.74, 6) is 1.39. The standard InChI is InChI=1S/C22H25BrN2O5/c1-28-17-6-4-5-16(11-17)25-13-15(10-21(25)26)22(27)24-8-7-14-9-19(29-2)20(30-3)12-18(14)23/h4-6,9,11-12,15H,7-8,10,13H2,1-3H3,(H,24,27). The Morgan fingerprint density at radius 2 is 1.87 bits per heavy atom. The van der Waals surface area contributed by atoms with Crippen molar-refractivity contribution in [1.29, 1.82) is 0 Å². The Hall–Kier alpha value is -2.74. The van der Waals surface area contributed by atoms with Crippen molar-refractivity contribution in [3.63, 3.8) is 0 Å². The average molecular weight is 477 g/mol. The molecule has 1 unspecified atom stereocenters. The van der Waals surface area contributed by atoms with E-state index in [0.29, 0.717) is 36.8 Å². The molecule has 30 heavy (non-hydrogen) atoms. The van der Waals surface area contributed by atoms with Crippen LogP contribution in [0.2, 0.25) is 0 Å². The zero-order valence-electron chi connectivity index (χ0n) is 17.2. The van der Waals surface area contributed by atoms with Crippen molar-refractivity contribution < 1.29 is 23.8 Å². The lowest BCUT2D eigenvalue weighted by Crippen LogP contribution is -2.34. The van der Waals surface area contributed by atoms with Crippen molar-refractivity contribution in [3.05, 3.63) is 46.4 Å². The van der Waals surface area contributed by atoms with Crippen molar-refractivity contribution in [2.24, 2.45) is 5.92 Å². The van der Waals surface area contributed by atoms with E-state index in [1.807, 2.05) is 30.3 Å². The Kier molecular flexibility index (Phi) is 7.20. The van der Waals surface area contributed by atoms with E-state index in [1.54, 1.807) is 32.3 Å². The van der Waals surface area contributed by atoms with Crippen LogP contribution in [0, 0.1) is 5.92 Å². The number of methoxy groups -OCH3 is 3. The highest BCUT2D eigenvalue weighted by atomic mass is 79.9. The second-order valence-corrected chi connectivity index (χ2v) is 7.80. The van der Waals surface area contributed by atoms with Gasteiger partial charge in [0.25, 0.3) is 0 Å². The molecule has 2 aromatic rings. The largest absolute Gasteiger partial charge is 0.497 e. The van der Waals surface area contributed by atoms with Gasteiger partial charge in [-0.25, -0.2) is 0 Å². The molecule has 1 heterocycles. The summed E-state index contributed by atoms with van der Waals surface area (Å²) in [7, 11) is 4.75. The number of rotatable bonds is 8. The summed E-state index contributed by atoms with van der Waals surface area (Å²) in [6.45, 7) is 0.814. The summed E-state index contributed by atoms with van der Waals surface area (Å²) in [5.41, 5.74) is 1.73. The number of hydrogen-bond donors (Lipinski definition) is 1. The van der Waals surface area contributed by atoms with Gasteiger partial charge in [0.05, 0.1) is 27.2 Å². The molecule has 1 N–H and O–H groups in total. The van der Waals surface area contributed by atoms with Crippen LogP contribution in [-0.4, -0.2) is 46.2 Å². The van der Waals surface area contributed by atoms with Crippen molar-refractivity contribution in [3.8, 4) is 17.2 Å². The van der Waals surface area contributed by atoms with Crippen LogP contribution >= 0.6 is 15.9 Å². The van der Waals surface area contributed by atoms with E-state index in [-0.39, 0.29) is 24.2 Å². The third kappa shape index (κ3) is 4.87. The molecule has 160 valence electrons. The van der Waals surface area contributed by atoms with Gasteiger partial charge in [-0.1, -0.05) is 22.0 Å². The fraction of sp³-hybridized carbons (Fsp3) is 0.364. The number of nitrogens with one attached hydrogen (secondary N) is 1. The SMILES string of the molecule is COc1cccc(N2CC(C(=O)NCCc3cc(OC)c(OC)cc3Br)CC2=O)c1. The molecule has 1 aliphatic rings. The van der Waals surface area contributed by atoms with E-state index in [4.69, 9.17) is 14.2 Å². The van der Waals surface area contributed by atoms with Crippen molar-refractivity contribution >= 4 is 33.4 Å². The smallest absolute Gasteiger partial charge is 0.227 e. The third-order valence-electron chi connectivity index (χ3n) is 5.11. The second kappa shape index (κ2) is 9.84. The van der Waals surface area contributed by atoms with Gasteiger partial charge in [-0.15, -0.1) is 0 Å². The van der Waals surface area contributed by atoms with Crippen LogP contribution in [-0.2, 0) is 16.0 Å². The molecule has 0 spiro atoms. The minimum absolute atomic E-state index is 0.0639. The van der Waals surface area contributed by atoms with E-state index in [0.717, 1.165) is 15.7 Å². The highest BCUT2D eigenvalue weighted by molar-refractivity contribution is 9.10. The summed E-state index contributed by atoms with van der Waals surface area (Å²) in [6, 6.07) is 11.0. The fourth-order valence-corrected chi connectivity index (χ4v) is 3.98. The predicted octanol–water partition coefficient (Wildman–Crippen LogP) is 3.19. The number of amides is 2. The molecule has 0 aromatic heterocycles. The summed E-state index contributed by atoms with van der Waals surface area (Å²) in [4.78, 5) is 26.7. The van der Waals surface area contributed by atoms with Crippen LogP contribution in [0.15, 0.2) is 40.9 Å². The Morgan fingerprint density at radius 1 is 1.13 bits per heavy atom. The first-order valence-electron chi connectivity index (χ1n) is 9.59. The summed E-state index contributed by atoms with van der Waals surface area (Å²) in [6.07, 6.45) is 0.816. The highest BCUT2D eigenvalue weighted by Gasteiger charge is 2.35. The maximum absolute atomic E-state index is 12.6. The molecule has 0 saturated carbocycles. The molecule has 2 amide bonds. The highest BCUT2D eigenvalue weighted by Crippen LogP contribution is 2.33. The molecule has 0 bridgehead atoms. The Labute approximate surface area is 184 Å². The van der Waals surface area contributed by atoms with E-state index in [1.165, 1.54) is 0 Å². The number of carbonyl (C=O) groups excluding carboxylic acids is 2. The first kappa shape index (κ1) is 22.0. The van der Waals surface area contributed by atoms with Crippen LogP contribution in [0.1, 0.15) is 12.0 Å². The monoisotopic (exact) mass is 476 g/mol. The van der Waals surface area contributed by atoms with Gasteiger partial charge in [0.1, 0.15) is 5.75 Å². The zero-order chi connectivity index (χ0) is 21.7. The molecule has 0 radical (unpaired) electrons. The molecule has 2 aromatic carbocycles. The first-order valence-corrected chi connectivity index (χ1v) is 10.4. The quantitative estimate of drug-likeness (QED) is 0.632. The first-order chi connectivity index (χ1) is 14.5. The van der Waals surface area contributed by atoms with E-state index < -0.39 is 0 Å². The number of nitrogens with zero attached hydrogens (tertiary/aromatic N) is 1. The van der Waals surface area contributed by atoms with Crippen LogP contribution in [0.5, 0.6) is 17.2 Å². The minimum Gasteiger partial charge on any atom is -0.497 e. The van der Waals surface area contributed by atoms with Crippen LogP contribution in [0.4, 0.5) is 5.69 Å². The molecule has 3 rings (SSSR count). The number of hydrogen-bond acceptors (Lipinski definition) is 5. The van der Waals surface area contributed by atoms with Crippen molar-refractivity contribution in [2.45, 2.75) is 12.8 Å². The van der Waals surface area contributed by atoms with Gasteiger partial charge >= 0.3 is 0 Å². The lowest BCUT2D eigenvalue weighted by molar-refractivity contribution is -0.126. The normalized spacial score (nSPS) is 15.8. The zero-order valence-corrected chi connectivity index (χ0v) is 18.8. The molecule has 8 heteroatoms. The van der Waals surface area contributed by atoms with Gasteiger partial charge in [0, 0.05) is 35.7 Å². The summed E-state index contributed by atoms with van der Waals surface area (Å²) < 4.78 is 16.7. The fourth-order valence-electron chi connectivity index (χ4n) is 3.46. The molecular formula is C22H25BrN2O5. The molecule has 0 aliphatic carbocycles. The van der Waals surface area contributed by atoms with Crippen LogP contribution in [0.3, 0.4) is 0 Å². The topological polar surface area (TPSA) is 77.1 Å². The maximum Gasteiger partial charge on any atom is 0.227 e. The number of anilines is 1. The molecule has 1 saturated heterocycles. The van der Waals surface area contributed by atoms with Gasteiger partial charge in [-0.2, -0.15) is 0 Å². The molecular weight excluding hydrogens is 452 g/mol. The van der Waals surface area contributed by atoms with Crippen molar-refractivity contribution in [1.82, 2.24) is 5.32 Å². The number of benzene rings is 2. The van der Waals surface area contributed by atoms with Gasteiger partial charge in [0.2, 0.25) is 11.8 Å². The summed E-state index contributed by atoms with van der Waals surface area (Å²) >= 11 is 3.53. The molecule has 1 atom stereocenters. The molecule has 1 aliphatic heterocycles. The Morgan fingerprint density at radius 3 is 2.57 bits per heavy atom. The lowest BCUT2D eigenvalue weighted by atomic mass is 10.1. The van der Waals surface area contributed by atoms with Crippen LogP contribution in [0.25, 0.3) is 0 Å². The predicted molar refractivity (Wildman–Crippen MR) is 117 cm³/mol.